The molecule has 4 atom stereocenters. The van der Waals surface area contributed by atoms with Gasteiger partial charge >= 0.3 is 0 Å². The van der Waals surface area contributed by atoms with E-state index in [2.05, 4.69) is 10.3 Å². The number of methoxy groups -OCH3 is 1. The minimum absolute atomic E-state index is 0.0153. The maximum absolute atomic E-state index is 14.0. The summed E-state index contributed by atoms with van der Waals surface area (Å²) in [5, 5.41) is 54.5. The first-order valence-corrected chi connectivity index (χ1v) is 14.9. The number of carbonyl (C=O) groups excluding carboxylic acids is 1. The largest absolute Gasteiger partial charge is 0.670 e. The summed E-state index contributed by atoms with van der Waals surface area (Å²) < 4.78 is 10.9. The van der Waals surface area contributed by atoms with E-state index in [1.165, 1.54) is 19.2 Å². The Morgan fingerprint density at radius 3 is 2.22 bits per heavy atom. The van der Waals surface area contributed by atoms with Gasteiger partial charge in [-0.3, -0.25) is 10.1 Å². The van der Waals surface area contributed by atoms with E-state index >= 15 is 0 Å². The summed E-state index contributed by atoms with van der Waals surface area (Å²) in [6.45, 7) is 2.03. The fourth-order valence-electron chi connectivity index (χ4n) is 5.35. The zero-order valence-electron chi connectivity index (χ0n) is 25.5. The molecule has 4 unspecified atom stereocenters. The van der Waals surface area contributed by atoms with Crippen LogP contribution in [0.3, 0.4) is 0 Å². The third-order valence-corrected chi connectivity index (χ3v) is 7.70. The van der Waals surface area contributed by atoms with Gasteiger partial charge in [0.15, 0.2) is 23.0 Å². The molecule has 0 spiro atoms. The summed E-state index contributed by atoms with van der Waals surface area (Å²) in [6, 6.07) is 18.3. The van der Waals surface area contributed by atoms with Crippen LogP contribution in [0.25, 0.3) is 0 Å². The first-order chi connectivity index (χ1) is 21.6. The van der Waals surface area contributed by atoms with E-state index in [1.54, 1.807) is 67.8 Å². The molecular weight excluding hydrogens is 576 g/mol. The van der Waals surface area contributed by atoms with Crippen molar-refractivity contribution >= 4 is 5.78 Å². The molecule has 0 saturated heterocycles. The van der Waals surface area contributed by atoms with Gasteiger partial charge in [-0.2, -0.15) is 12.4 Å². The Morgan fingerprint density at radius 1 is 0.867 bits per heavy atom. The molecule has 0 fully saturated rings. The lowest BCUT2D eigenvalue weighted by Gasteiger charge is -2.25. The number of phenolic OH excluding ortho intramolecular Hbond substituents is 3. The minimum atomic E-state index is -1.01. The molecule has 0 amide bonds. The summed E-state index contributed by atoms with van der Waals surface area (Å²) in [6.07, 6.45) is 2.86. The van der Waals surface area contributed by atoms with Gasteiger partial charge in [0.1, 0.15) is 18.3 Å². The Hall–Kier alpha value is -4.51. The van der Waals surface area contributed by atoms with Gasteiger partial charge in [0.2, 0.25) is 0 Å². The van der Waals surface area contributed by atoms with E-state index in [1.807, 2.05) is 6.07 Å². The van der Waals surface area contributed by atoms with E-state index in [0.29, 0.717) is 36.3 Å². The van der Waals surface area contributed by atoms with Crippen LogP contribution in [-0.4, -0.2) is 63.9 Å². The predicted molar refractivity (Wildman–Crippen MR) is 169 cm³/mol. The van der Waals surface area contributed by atoms with Crippen molar-refractivity contribution in [3.63, 3.8) is 0 Å². The van der Waals surface area contributed by atoms with E-state index < -0.39 is 18.1 Å². The SMILES string of the molecule is COc1cc(CC(Cc2cc[n-]c2)C(O)CC(=O)C(Cc2ccc(O)c(OCNCC(C)O)c2)c2cccc(O)c2)ccc1O. The van der Waals surface area contributed by atoms with Crippen LogP contribution in [0.4, 0.5) is 0 Å². The van der Waals surface area contributed by atoms with E-state index in [-0.39, 0.29) is 54.3 Å². The number of aliphatic hydroxyl groups excluding tert-OH is 2. The molecule has 4 aromatic rings. The fourth-order valence-corrected chi connectivity index (χ4v) is 5.35. The molecule has 3 aromatic carbocycles. The zero-order valence-corrected chi connectivity index (χ0v) is 25.5. The highest BCUT2D eigenvalue weighted by atomic mass is 16.5. The van der Waals surface area contributed by atoms with Crippen LogP contribution in [0.2, 0.25) is 0 Å². The van der Waals surface area contributed by atoms with Crippen molar-refractivity contribution in [2.24, 2.45) is 5.92 Å². The normalized spacial score (nSPS) is 14.0. The number of hydrogen-bond acceptors (Lipinski definition) is 9. The summed E-state index contributed by atoms with van der Waals surface area (Å²) >= 11 is 0. The second kappa shape index (κ2) is 16.0. The molecule has 0 saturated carbocycles. The van der Waals surface area contributed by atoms with Gasteiger partial charge < -0.3 is 40.0 Å². The average molecular weight is 618 g/mol. The Bertz CT molecular complexity index is 1520. The molecular formula is C35H41N2O8-. The minimum Gasteiger partial charge on any atom is -0.670 e. The molecule has 10 heteroatoms. The average Bonchev–Trinajstić information content (AvgIpc) is 3.53. The van der Waals surface area contributed by atoms with E-state index in [0.717, 1.165) is 11.1 Å². The van der Waals surface area contributed by atoms with Gasteiger partial charge in [0, 0.05) is 18.9 Å². The molecule has 45 heavy (non-hydrogen) atoms. The number of Topliss-reactive ketones (excluding diaryl/α,β-unsaturated/α-hetero) is 1. The highest BCUT2D eigenvalue weighted by molar-refractivity contribution is 5.86. The van der Waals surface area contributed by atoms with Gasteiger partial charge in [-0.25, -0.2) is 0 Å². The Morgan fingerprint density at radius 2 is 1.56 bits per heavy atom. The number of ether oxygens (including phenoxy) is 2. The molecule has 0 aliphatic carbocycles. The second-order valence-electron chi connectivity index (χ2n) is 11.3. The molecule has 0 aliphatic heterocycles. The van der Waals surface area contributed by atoms with Gasteiger partial charge in [-0.15, -0.1) is 0 Å². The van der Waals surface area contributed by atoms with Crippen LogP contribution < -0.4 is 19.8 Å². The Kier molecular flexibility index (Phi) is 11.9. The van der Waals surface area contributed by atoms with Crippen molar-refractivity contribution in [1.82, 2.24) is 10.3 Å². The third kappa shape index (κ3) is 9.74. The number of aromatic nitrogens is 1. The van der Waals surface area contributed by atoms with Gasteiger partial charge in [-0.05, 0) is 85.2 Å². The van der Waals surface area contributed by atoms with Crippen LogP contribution in [0, 0.1) is 5.92 Å². The van der Waals surface area contributed by atoms with Crippen LogP contribution in [-0.2, 0) is 24.1 Å². The third-order valence-electron chi connectivity index (χ3n) is 7.70. The number of nitrogens with zero attached hydrogens (tertiary/aromatic N) is 1. The van der Waals surface area contributed by atoms with Crippen molar-refractivity contribution in [1.29, 1.82) is 0 Å². The number of hydrogen-bond donors (Lipinski definition) is 6. The van der Waals surface area contributed by atoms with Crippen molar-refractivity contribution in [2.75, 3.05) is 20.4 Å². The van der Waals surface area contributed by atoms with Gasteiger partial charge in [0.25, 0.3) is 0 Å². The molecule has 10 nitrogen and oxygen atoms in total. The number of phenols is 3. The molecule has 0 aliphatic rings. The molecule has 0 radical (unpaired) electrons. The molecule has 1 aromatic heterocycles. The van der Waals surface area contributed by atoms with Crippen molar-refractivity contribution in [3.05, 3.63) is 101 Å². The maximum atomic E-state index is 14.0. The number of rotatable bonds is 17. The standard InChI is InChI=1S/C35H41N2O8/c1-22(38)19-37-21-45-35-16-24(7-9-31(35)41)14-29(26-4-3-5-28(39)17-26)33(43)18-32(42)27(13-25-10-11-36-20-25)12-23-6-8-30(40)34(15-23)44-2/h3-11,15-17,20,22,27,29,32,37-42H,12-14,18-19,21H2,1-2H3/q-1. The quantitative estimate of drug-likeness (QED) is 0.0759. The lowest BCUT2D eigenvalue weighted by molar-refractivity contribution is -0.123. The highest BCUT2D eigenvalue weighted by Crippen LogP contribution is 2.33. The highest BCUT2D eigenvalue weighted by Gasteiger charge is 2.29. The molecule has 4 rings (SSSR count). The van der Waals surface area contributed by atoms with Gasteiger partial charge in [-0.1, -0.05) is 35.9 Å². The second-order valence-corrected chi connectivity index (χ2v) is 11.3. The molecule has 240 valence electrons. The first kappa shape index (κ1) is 33.4. The Labute approximate surface area is 262 Å². The predicted octanol–water partition coefficient (Wildman–Crippen LogP) is 3.82. The lowest BCUT2D eigenvalue weighted by atomic mass is 9.81. The van der Waals surface area contributed by atoms with Crippen LogP contribution in [0.15, 0.2) is 79.1 Å². The molecule has 0 bridgehead atoms. The number of benzene rings is 3. The van der Waals surface area contributed by atoms with Crippen molar-refractivity contribution < 1.29 is 39.8 Å². The molecule has 1 heterocycles. The summed E-state index contributed by atoms with van der Waals surface area (Å²) in [4.78, 5) is 18.1. The van der Waals surface area contributed by atoms with Crippen molar-refractivity contribution in [2.45, 2.75) is 50.7 Å². The number of aliphatic hydroxyl groups is 2. The van der Waals surface area contributed by atoms with Crippen molar-refractivity contribution in [3.8, 4) is 28.7 Å². The van der Waals surface area contributed by atoms with E-state index in [4.69, 9.17) is 9.47 Å². The smallest absolute Gasteiger partial charge is 0.163 e. The van der Waals surface area contributed by atoms with Crippen LogP contribution in [0.1, 0.15) is 41.5 Å². The van der Waals surface area contributed by atoms with Crippen LogP contribution >= 0.6 is 0 Å². The fraction of sp³-hybridized carbons (Fsp3) is 0.343. The molecule has 6 N–H and O–H groups in total. The summed E-state index contributed by atoms with van der Waals surface area (Å²) in [5.41, 5.74) is 3.08. The Balaban J connectivity index is 1.55. The number of nitrogens with one attached hydrogen (secondary N) is 1. The topological polar surface area (TPSA) is 163 Å². The lowest BCUT2D eigenvalue weighted by Crippen LogP contribution is -2.30. The number of carbonyl (C=O) groups is 1. The zero-order chi connectivity index (χ0) is 32.3. The van der Waals surface area contributed by atoms with E-state index in [9.17, 15) is 30.3 Å². The first-order valence-electron chi connectivity index (χ1n) is 14.9. The number of ketones is 1. The summed E-state index contributed by atoms with van der Waals surface area (Å²) in [7, 11) is 1.47. The maximum Gasteiger partial charge on any atom is 0.163 e. The van der Waals surface area contributed by atoms with Gasteiger partial charge in [0.05, 0.1) is 19.3 Å². The van der Waals surface area contributed by atoms with Crippen LogP contribution in [0.5, 0.6) is 28.7 Å². The summed E-state index contributed by atoms with van der Waals surface area (Å²) in [5.74, 6) is -0.742. The number of aromatic hydroxyl groups is 3. The monoisotopic (exact) mass is 617 g/mol.